The van der Waals surface area contributed by atoms with Gasteiger partial charge in [-0.2, -0.15) is 18.2 Å². The molecule has 2 aliphatic rings. The van der Waals surface area contributed by atoms with Gasteiger partial charge in [-0.3, -0.25) is 4.79 Å². The van der Waals surface area contributed by atoms with Crippen LogP contribution in [0.4, 0.5) is 17.6 Å². The van der Waals surface area contributed by atoms with Gasteiger partial charge in [0.25, 0.3) is 5.91 Å². The molecular weight excluding hydrogens is 440 g/mol. The molecule has 2 aromatic carbocycles. The van der Waals surface area contributed by atoms with E-state index in [9.17, 15) is 22.4 Å². The summed E-state index contributed by atoms with van der Waals surface area (Å²) in [6.07, 6.45) is -4.01. The molecule has 3 heterocycles. The molecule has 2 atom stereocenters. The van der Waals surface area contributed by atoms with Gasteiger partial charge >= 0.3 is 12.1 Å². The van der Waals surface area contributed by atoms with Crippen LogP contribution in [-0.4, -0.2) is 40.1 Å². The first-order valence-corrected chi connectivity index (χ1v) is 10.5. The number of amides is 1. The molecule has 1 N–H and O–H groups in total. The van der Waals surface area contributed by atoms with Crippen LogP contribution in [0.1, 0.15) is 45.3 Å². The van der Waals surface area contributed by atoms with Crippen LogP contribution in [0.15, 0.2) is 40.9 Å². The van der Waals surface area contributed by atoms with Crippen molar-refractivity contribution in [2.24, 2.45) is 0 Å². The number of carbonyl (C=O) groups excluding carboxylic acids is 1. The molecule has 1 saturated heterocycles. The Morgan fingerprint density at radius 3 is 2.73 bits per heavy atom. The van der Waals surface area contributed by atoms with Gasteiger partial charge in [-0.05, 0) is 54.8 Å². The number of hydrogen-bond acceptors (Lipinski definition) is 5. The number of halogens is 4. The maximum absolute atomic E-state index is 13.6. The van der Waals surface area contributed by atoms with Crippen LogP contribution in [0.3, 0.4) is 0 Å². The van der Waals surface area contributed by atoms with Gasteiger partial charge in [0.2, 0.25) is 5.82 Å². The number of alkyl halides is 3. The predicted octanol–water partition coefficient (Wildman–Crippen LogP) is 4.30. The van der Waals surface area contributed by atoms with E-state index in [1.165, 1.54) is 18.2 Å². The highest BCUT2D eigenvalue weighted by atomic mass is 19.4. The Hall–Kier alpha value is -3.27. The molecule has 6 nitrogen and oxygen atoms in total. The molecule has 5 rings (SSSR count). The zero-order valence-electron chi connectivity index (χ0n) is 17.6. The van der Waals surface area contributed by atoms with Crippen LogP contribution >= 0.6 is 0 Å². The topological polar surface area (TPSA) is 71.3 Å². The molecule has 1 fully saturated rings. The molecule has 2 aliphatic heterocycles. The summed E-state index contributed by atoms with van der Waals surface area (Å²) in [6.45, 7) is 3.66. The summed E-state index contributed by atoms with van der Waals surface area (Å²) in [5.41, 5.74) is 3.30. The van der Waals surface area contributed by atoms with Crippen molar-refractivity contribution in [1.29, 1.82) is 0 Å². The second kappa shape index (κ2) is 7.95. The number of piperidine rings is 1. The number of nitrogens with zero attached hydrogens (tertiary/aromatic N) is 3. The third-order valence-corrected chi connectivity index (χ3v) is 6.35. The van der Waals surface area contributed by atoms with E-state index in [1.54, 1.807) is 23.1 Å². The Labute approximate surface area is 186 Å². The van der Waals surface area contributed by atoms with E-state index in [4.69, 9.17) is 0 Å². The lowest BCUT2D eigenvalue weighted by Crippen LogP contribution is -2.48. The summed E-state index contributed by atoms with van der Waals surface area (Å²) >= 11 is 0. The molecular formula is C23H20F4N4O2. The van der Waals surface area contributed by atoms with Crippen molar-refractivity contribution in [3.05, 3.63) is 70.4 Å². The summed E-state index contributed by atoms with van der Waals surface area (Å²) in [7, 11) is 0. The molecule has 3 aromatic rings. The van der Waals surface area contributed by atoms with Gasteiger partial charge in [-0.25, -0.2) is 4.39 Å². The molecule has 1 unspecified atom stereocenters. The predicted molar refractivity (Wildman–Crippen MR) is 110 cm³/mol. The first kappa shape index (κ1) is 21.6. The van der Waals surface area contributed by atoms with E-state index >= 15 is 0 Å². The number of benzene rings is 2. The molecule has 0 spiro atoms. The Kier molecular flexibility index (Phi) is 5.19. The van der Waals surface area contributed by atoms with Crippen LogP contribution in [0.2, 0.25) is 0 Å². The monoisotopic (exact) mass is 460 g/mol. The number of fused-ring (bicyclic) bond motifs is 1. The summed E-state index contributed by atoms with van der Waals surface area (Å²) in [5.74, 6) is -2.16. The minimum absolute atomic E-state index is 0.0105. The number of aromatic nitrogens is 2. The number of aryl methyl sites for hydroxylation is 1. The van der Waals surface area contributed by atoms with E-state index < -0.39 is 12.1 Å². The van der Waals surface area contributed by atoms with Gasteiger partial charge in [0, 0.05) is 36.2 Å². The smallest absolute Gasteiger partial charge is 0.331 e. The third kappa shape index (κ3) is 3.88. The van der Waals surface area contributed by atoms with E-state index in [-0.39, 0.29) is 35.1 Å². The van der Waals surface area contributed by atoms with Crippen molar-refractivity contribution in [3.8, 4) is 11.4 Å². The van der Waals surface area contributed by atoms with Crippen molar-refractivity contribution in [3.63, 3.8) is 0 Å². The second-order valence-corrected chi connectivity index (χ2v) is 8.39. The van der Waals surface area contributed by atoms with Crippen molar-refractivity contribution in [1.82, 2.24) is 20.4 Å². The zero-order chi connectivity index (χ0) is 23.3. The van der Waals surface area contributed by atoms with Gasteiger partial charge < -0.3 is 14.7 Å². The minimum atomic E-state index is -4.74. The molecule has 1 amide bonds. The lowest BCUT2D eigenvalue weighted by atomic mass is 9.83. The van der Waals surface area contributed by atoms with Crippen molar-refractivity contribution in [2.75, 3.05) is 13.1 Å². The fraction of sp³-hybridized carbons (Fsp3) is 0.348. The third-order valence-electron chi connectivity index (χ3n) is 6.35. The van der Waals surface area contributed by atoms with Gasteiger partial charge in [-0.15, -0.1) is 0 Å². The molecule has 0 saturated carbocycles. The average molecular weight is 460 g/mol. The first-order chi connectivity index (χ1) is 15.7. The number of hydrogen-bond donors (Lipinski definition) is 1. The molecule has 0 aliphatic carbocycles. The zero-order valence-corrected chi connectivity index (χ0v) is 17.6. The van der Waals surface area contributed by atoms with E-state index in [2.05, 4.69) is 20.0 Å². The minimum Gasteiger partial charge on any atom is -0.331 e. The number of carbonyl (C=O) groups is 1. The normalized spacial score (nSPS) is 20.9. The summed E-state index contributed by atoms with van der Waals surface area (Å²) in [5, 5.41) is 6.77. The Morgan fingerprint density at radius 1 is 1.18 bits per heavy atom. The first-order valence-electron chi connectivity index (χ1n) is 10.5. The van der Waals surface area contributed by atoms with Gasteiger partial charge in [-0.1, -0.05) is 23.4 Å². The van der Waals surface area contributed by atoms with Crippen molar-refractivity contribution in [2.45, 2.75) is 38.0 Å². The molecule has 1 aromatic heterocycles. The van der Waals surface area contributed by atoms with Crippen LogP contribution in [-0.2, 0) is 12.7 Å². The van der Waals surface area contributed by atoms with E-state index in [0.29, 0.717) is 18.7 Å². The Bertz CT molecular complexity index is 1220. The van der Waals surface area contributed by atoms with Crippen LogP contribution < -0.4 is 5.32 Å². The molecule has 33 heavy (non-hydrogen) atoms. The molecule has 0 bridgehead atoms. The van der Waals surface area contributed by atoms with Crippen LogP contribution in [0.25, 0.3) is 11.4 Å². The van der Waals surface area contributed by atoms with Gasteiger partial charge in [0.05, 0.1) is 0 Å². The standard InChI is InChI=1S/C23H20F4N4O2/c1-12-8-15(24)4-5-16(12)18-10-28-7-6-19(18)31-11-14-3-2-13(9-17(14)21(31)32)20-29-22(33-30-20)23(25,26)27/h2-5,8-9,18-19,28H,6-7,10-11H2,1H3/t18-,19?/m0/s1. The number of nitrogens with one attached hydrogen (secondary N) is 1. The van der Waals surface area contributed by atoms with Gasteiger partial charge in [0.1, 0.15) is 5.82 Å². The molecule has 10 heteroatoms. The highest BCUT2D eigenvalue weighted by Gasteiger charge is 2.40. The van der Waals surface area contributed by atoms with E-state index in [1.807, 2.05) is 6.92 Å². The SMILES string of the molecule is Cc1cc(F)ccc1[C@@H]1CNCCC1N1Cc2ccc(-c3noc(C(F)(F)F)n3)cc2C1=O. The molecule has 172 valence electrons. The quantitative estimate of drug-likeness (QED) is 0.590. The Balaban J connectivity index is 1.44. The maximum atomic E-state index is 13.6. The fourth-order valence-electron chi connectivity index (χ4n) is 4.78. The summed E-state index contributed by atoms with van der Waals surface area (Å²) < 4.78 is 56.4. The van der Waals surface area contributed by atoms with Gasteiger partial charge in [0.15, 0.2) is 0 Å². The highest BCUT2D eigenvalue weighted by Crippen LogP contribution is 2.37. The highest BCUT2D eigenvalue weighted by molar-refractivity contribution is 5.99. The van der Waals surface area contributed by atoms with Crippen molar-refractivity contribution >= 4 is 5.91 Å². The van der Waals surface area contributed by atoms with E-state index in [0.717, 1.165) is 29.7 Å². The fourth-order valence-corrected chi connectivity index (χ4v) is 4.78. The lowest BCUT2D eigenvalue weighted by molar-refractivity contribution is -0.159. The summed E-state index contributed by atoms with van der Waals surface area (Å²) in [6, 6.07) is 9.42. The average Bonchev–Trinajstić information content (AvgIpc) is 3.39. The lowest BCUT2D eigenvalue weighted by Gasteiger charge is -2.39. The molecule has 0 radical (unpaired) electrons. The van der Waals surface area contributed by atoms with Crippen LogP contribution in [0.5, 0.6) is 0 Å². The second-order valence-electron chi connectivity index (χ2n) is 8.39. The largest absolute Gasteiger partial charge is 0.471 e. The van der Waals surface area contributed by atoms with Crippen LogP contribution in [0, 0.1) is 12.7 Å². The number of rotatable bonds is 3. The maximum Gasteiger partial charge on any atom is 0.471 e. The Morgan fingerprint density at radius 2 is 2.00 bits per heavy atom. The summed E-state index contributed by atoms with van der Waals surface area (Å²) in [4.78, 5) is 18.6. The van der Waals surface area contributed by atoms with Crippen molar-refractivity contribution < 1.29 is 26.9 Å².